The topological polar surface area (TPSA) is 43.4 Å². The summed E-state index contributed by atoms with van der Waals surface area (Å²) >= 11 is 0. The van der Waals surface area contributed by atoms with E-state index in [0.29, 0.717) is 11.2 Å². The molecule has 0 bridgehead atoms. The van der Waals surface area contributed by atoms with E-state index in [1.807, 2.05) is 49.4 Å². The highest BCUT2D eigenvalue weighted by atomic mass is 16.6. The van der Waals surface area contributed by atoms with E-state index in [1.54, 1.807) is 0 Å². The van der Waals surface area contributed by atoms with Crippen molar-refractivity contribution in [1.29, 1.82) is 0 Å². The summed E-state index contributed by atoms with van der Waals surface area (Å²) in [6.07, 6.45) is 0.800. The Morgan fingerprint density at radius 1 is 0.944 bits per heavy atom. The van der Waals surface area contributed by atoms with Gasteiger partial charge in [-0.2, -0.15) is 0 Å². The molecule has 0 saturated carbocycles. The van der Waals surface area contributed by atoms with Gasteiger partial charge in [0.25, 0.3) is 0 Å². The number of rotatable bonds is 2. The van der Waals surface area contributed by atoms with Crippen LogP contribution < -0.4 is 5.82 Å². The molecular formula is C15H12O3. The largest absolute Gasteiger partial charge is 0.519 e. The molecule has 3 nitrogen and oxygen atoms in total. The fourth-order valence-electron chi connectivity index (χ4n) is 2.13. The highest BCUT2D eigenvalue weighted by Crippen LogP contribution is 2.30. The molecule has 0 aliphatic carbocycles. The Hall–Kier alpha value is -2.29. The predicted molar refractivity (Wildman–Crippen MR) is 69.6 cm³/mol. The van der Waals surface area contributed by atoms with Crippen LogP contribution in [-0.4, -0.2) is 0 Å². The standard InChI is InChI=1S/C15H12O3/c1-2-10-8-9-12(11-6-4-3-5-7-11)14-13(10)17-15(16)18-14/h3-9H,2H2,1H3. The number of benzene rings is 2. The fraction of sp³-hybridized carbons (Fsp3) is 0.133. The Balaban J connectivity index is 2.35. The zero-order chi connectivity index (χ0) is 12.5. The molecule has 0 radical (unpaired) electrons. The van der Waals surface area contributed by atoms with Crippen molar-refractivity contribution in [2.24, 2.45) is 0 Å². The quantitative estimate of drug-likeness (QED) is 0.687. The molecule has 0 amide bonds. The van der Waals surface area contributed by atoms with Gasteiger partial charge in [-0.25, -0.2) is 4.79 Å². The van der Waals surface area contributed by atoms with E-state index in [2.05, 4.69) is 0 Å². The van der Waals surface area contributed by atoms with Crippen LogP contribution in [0.2, 0.25) is 0 Å². The second kappa shape index (κ2) is 4.18. The maximum atomic E-state index is 11.3. The van der Waals surface area contributed by atoms with Crippen LogP contribution in [0.1, 0.15) is 12.5 Å². The van der Waals surface area contributed by atoms with Crippen molar-refractivity contribution in [3.8, 4) is 11.1 Å². The smallest absolute Gasteiger partial charge is 0.390 e. The summed E-state index contributed by atoms with van der Waals surface area (Å²) in [6.45, 7) is 2.02. The zero-order valence-electron chi connectivity index (χ0n) is 9.97. The molecule has 3 rings (SSSR count). The lowest BCUT2D eigenvalue weighted by Crippen LogP contribution is -1.85. The molecule has 90 valence electrons. The maximum Gasteiger partial charge on any atom is 0.519 e. The molecule has 1 aromatic heterocycles. The Labute approximate surface area is 104 Å². The Bertz CT molecular complexity index is 735. The third-order valence-corrected chi connectivity index (χ3v) is 3.03. The van der Waals surface area contributed by atoms with E-state index in [4.69, 9.17) is 8.83 Å². The normalized spacial score (nSPS) is 10.9. The number of hydrogen-bond donors (Lipinski definition) is 0. The van der Waals surface area contributed by atoms with Gasteiger partial charge >= 0.3 is 5.82 Å². The molecule has 0 N–H and O–H groups in total. The molecule has 0 fully saturated rings. The van der Waals surface area contributed by atoms with Crippen LogP contribution in [0, 0.1) is 0 Å². The summed E-state index contributed by atoms with van der Waals surface area (Å²) in [6, 6.07) is 13.8. The molecule has 2 aromatic carbocycles. The fourth-order valence-corrected chi connectivity index (χ4v) is 2.13. The first-order chi connectivity index (χ1) is 8.79. The summed E-state index contributed by atoms with van der Waals surface area (Å²) in [7, 11) is 0. The van der Waals surface area contributed by atoms with Gasteiger partial charge in [0.05, 0.1) is 0 Å². The highest BCUT2D eigenvalue weighted by molar-refractivity contribution is 5.90. The van der Waals surface area contributed by atoms with Crippen molar-refractivity contribution in [2.75, 3.05) is 0 Å². The minimum atomic E-state index is -0.650. The van der Waals surface area contributed by atoms with Crippen LogP contribution in [0.25, 0.3) is 22.3 Å². The molecule has 0 atom stereocenters. The second-order valence-corrected chi connectivity index (χ2v) is 4.10. The van der Waals surface area contributed by atoms with Gasteiger partial charge in [-0.3, -0.25) is 0 Å². The van der Waals surface area contributed by atoms with Gasteiger partial charge < -0.3 is 8.83 Å². The van der Waals surface area contributed by atoms with E-state index < -0.39 is 5.82 Å². The molecule has 0 unspecified atom stereocenters. The maximum absolute atomic E-state index is 11.3. The Kier molecular flexibility index (Phi) is 2.52. The molecule has 0 saturated heterocycles. The average Bonchev–Trinajstić information content (AvgIpc) is 2.80. The van der Waals surface area contributed by atoms with Crippen molar-refractivity contribution in [1.82, 2.24) is 0 Å². The third-order valence-electron chi connectivity index (χ3n) is 3.03. The second-order valence-electron chi connectivity index (χ2n) is 4.10. The molecule has 18 heavy (non-hydrogen) atoms. The van der Waals surface area contributed by atoms with E-state index in [9.17, 15) is 4.79 Å². The Morgan fingerprint density at radius 3 is 2.39 bits per heavy atom. The predicted octanol–water partition coefficient (Wildman–Crippen LogP) is 3.62. The molecule has 3 heteroatoms. The minimum Gasteiger partial charge on any atom is -0.390 e. The van der Waals surface area contributed by atoms with Crippen molar-refractivity contribution >= 4 is 11.2 Å². The van der Waals surface area contributed by atoms with Gasteiger partial charge in [0.1, 0.15) is 0 Å². The van der Waals surface area contributed by atoms with Crippen LogP contribution in [0.3, 0.4) is 0 Å². The van der Waals surface area contributed by atoms with E-state index >= 15 is 0 Å². The van der Waals surface area contributed by atoms with Crippen molar-refractivity contribution in [3.63, 3.8) is 0 Å². The first-order valence-corrected chi connectivity index (χ1v) is 5.90. The lowest BCUT2D eigenvalue weighted by molar-refractivity contribution is 0.409. The lowest BCUT2D eigenvalue weighted by Gasteiger charge is -2.03. The van der Waals surface area contributed by atoms with Crippen molar-refractivity contribution in [3.05, 3.63) is 58.6 Å². The molecule has 0 aliphatic heterocycles. The van der Waals surface area contributed by atoms with E-state index in [-0.39, 0.29) is 0 Å². The minimum absolute atomic E-state index is 0.533. The van der Waals surface area contributed by atoms with E-state index in [0.717, 1.165) is 23.1 Å². The molecule has 3 aromatic rings. The highest BCUT2D eigenvalue weighted by Gasteiger charge is 2.14. The van der Waals surface area contributed by atoms with Gasteiger partial charge in [-0.1, -0.05) is 49.4 Å². The van der Waals surface area contributed by atoms with E-state index in [1.165, 1.54) is 0 Å². The SMILES string of the molecule is CCc1ccc(-c2ccccc2)c2oc(=O)oc12. The van der Waals surface area contributed by atoms with Crippen LogP contribution in [-0.2, 0) is 6.42 Å². The molecular weight excluding hydrogens is 228 g/mol. The monoisotopic (exact) mass is 240 g/mol. The summed E-state index contributed by atoms with van der Waals surface area (Å²) in [5.74, 6) is -0.650. The van der Waals surface area contributed by atoms with Gasteiger partial charge in [0, 0.05) is 5.56 Å². The van der Waals surface area contributed by atoms with Gasteiger partial charge in [-0.15, -0.1) is 0 Å². The first-order valence-electron chi connectivity index (χ1n) is 5.90. The summed E-state index contributed by atoms with van der Waals surface area (Å²) in [5, 5.41) is 0. The van der Waals surface area contributed by atoms with Crippen LogP contribution in [0.4, 0.5) is 0 Å². The summed E-state index contributed by atoms with van der Waals surface area (Å²) in [5.41, 5.74) is 3.97. The van der Waals surface area contributed by atoms with Crippen LogP contribution in [0.5, 0.6) is 0 Å². The lowest BCUT2D eigenvalue weighted by atomic mass is 10.0. The average molecular weight is 240 g/mol. The van der Waals surface area contributed by atoms with Crippen molar-refractivity contribution in [2.45, 2.75) is 13.3 Å². The van der Waals surface area contributed by atoms with Crippen molar-refractivity contribution < 1.29 is 8.83 Å². The third kappa shape index (κ3) is 1.64. The zero-order valence-corrected chi connectivity index (χ0v) is 9.97. The first kappa shape index (κ1) is 10.8. The number of hydrogen-bond acceptors (Lipinski definition) is 3. The Morgan fingerprint density at radius 2 is 1.67 bits per heavy atom. The number of aryl methyl sites for hydroxylation is 1. The molecule has 1 heterocycles. The van der Waals surface area contributed by atoms with Gasteiger partial charge in [0.2, 0.25) is 0 Å². The number of fused-ring (bicyclic) bond motifs is 1. The van der Waals surface area contributed by atoms with Crippen LogP contribution in [0.15, 0.2) is 56.1 Å². The van der Waals surface area contributed by atoms with Gasteiger partial charge in [0.15, 0.2) is 11.2 Å². The van der Waals surface area contributed by atoms with Crippen LogP contribution >= 0.6 is 0 Å². The summed E-state index contributed by atoms with van der Waals surface area (Å²) in [4.78, 5) is 11.3. The van der Waals surface area contributed by atoms with Gasteiger partial charge in [-0.05, 0) is 17.5 Å². The molecule has 0 aliphatic rings. The molecule has 0 spiro atoms. The summed E-state index contributed by atoms with van der Waals surface area (Å²) < 4.78 is 10.3.